The minimum atomic E-state index is 0.740. The highest BCUT2D eigenvalue weighted by atomic mass is 16.5. The van der Waals surface area contributed by atoms with Gasteiger partial charge in [0.25, 0.3) is 0 Å². The zero-order valence-corrected chi connectivity index (χ0v) is 15.6. The van der Waals surface area contributed by atoms with Crippen molar-refractivity contribution < 1.29 is 4.74 Å². The molecule has 2 aromatic carbocycles. The van der Waals surface area contributed by atoms with Crippen molar-refractivity contribution in [2.45, 2.75) is 0 Å². The second-order valence-electron chi connectivity index (χ2n) is 6.96. The number of benzene rings is 2. The van der Waals surface area contributed by atoms with Crippen LogP contribution in [0.1, 0.15) is 11.3 Å². The van der Waals surface area contributed by atoms with Crippen molar-refractivity contribution in [3.05, 3.63) is 78.0 Å². The number of ether oxygens (including phenoxy) is 1. The van der Waals surface area contributed by atoms with E-state index < -0.39 is 0 Å². The van der Waals surface area contributed by atoms with Crippen LogP contribution in [0.2, 0.25) is 0 Å². The molecule has 0 N–H and O–H groups in total. The molecule has 4 nitrogen and oxygen atoms in total. The Balaban J connectivity index is 1.56. The summed E-state index contributed by atoms with van der Waals surface area (Å²) in [5.74, 6) is 1.01. The molecule has 0 amide bonds. The van der Waals surface area contributed by atoms with Gasteiger partial charge in [0.1, 0.15) is 5.82 Å². The Kier molecular flexibility index (Phi) is 4.47. The Labute approximate surface area is 164 Å². The molecule has 2 aromatic heterocycles. The summed E-state index contributed by atoms with van der Waals surface area (Å²) in [5, 5.41) is 2.30. The van der Waals surface area contributed by atoms with Gasteiger partial charge in [0.05, 0.1) is 29.9 Å². The van der Waals surface area contributed by atoms with Crippen molar-refractivity contribution in [3.63, 3.8) is 0 Å². The molecule has 28 heavy (non-hydrogen) atoms. The fourth-order valence-corrected chi connectivity index (χ4v) is 3.62. The molecule has 4 heteroatoms. The monoisotopic (exact) mass is 367 g/mol. The van der Waals surface area contributed by atoms with Crippen LogP contribution in [0.15, 0.2) is 66.7 Å². The normalized spacial score (nSPS) is 14.9. The van der Waals surface area contributed by atoms with Gasteiger partial charge in [-0.25, -0.2) is 9.97 Å². The lowest BCUT2D eigenvalue weighted by molar-refractivity contribution is 0.122. The Bertz CT molecular complexity index is 1160. The van der Waals surface area contributed by atoms with Gasteiger partial charge < -0.3 is 9.64 Å². The summed E-state index contributed by atoms with van der Waals surface area (Å²) in [6.07, 6.45) is 4.20. The SMILES string of the molecule is C(=C\c1cc2ccccc2nc1N1CCOCC1)/c1ccc2ccccc2n1. The number of rotatable bonds is 3. The Morgan fingerprint density at radius 1 is 0.750 bits per heavy atom. The van der Waals surface area contributed by atoms with E-state index in [-0.39, 0.29) is 0 Å². The average molecular weight is 367 g/mol. The molecule has 1 fully saturated rings. The number of nitrogens with zero attached hydrogens (tertiary/aromatic N) is 3. The summed E-state index contributed by atoms with van der Waals surface area (Å²) >= 11 is 0. The number of hydrogen-bond donors (Lipinski definition) is 0. The van der Waals surface area contributed by atoms with Crippen LogP contribution in [0.3, 0.4) is 0 Å². The summed E-state index contributed by atoms with van der Waals surface area (Å²) in [4.78, 5) is 12.0. The third-order valence-corrected chi connectivity index (χ3v) is 5.10. The maximum absolute atomic E-state index is 5.52. The van der Waals surface area contributed by atoms with E-state index in [1.807, 2.05) is 24.3 Å². The molecule has 0 bridgehead atoms. The van der Waals surface area contributed by atoms with E-state index in [0.29, 0.717) is 0 Å². The molecule has 0 aliphatic carbocycles. The minimum absolute atomic E-state index is 0.740. The van der Waals surface area contributed by atoms with Gasteiger partial charge in [-0.05, 0) is 36.4 Å². The van der Waals surface area contributed by atoms with Crippen LogP contribution >= 0.6 is 0 Å². The molecule has 4 aromatic rings. The first-order valence-corrected chi connectivity index (χ1v) is 9.63. The van der Waals surface area contributed by atoms with Crippen molar-refractivity contribution in [2.24, 2.45) is 0 Å². The van der Waals surface area contributed by atoms with E-state index in [0.717, 1.165) is 65.2 Å². The molecule has 0 saturated carbocycles. The van der Waals surface area contributed by atoms with Crippen LogP contribution in [0.4, 0.5) is 5.82 Å². The Morgan fingerprint density at radius 3 is 2.29 bits per heavy atom. The number of hydrogen-bond acceptors (Lipinski definition) is 4. The number of morpholine rings is 1. The Hall–Kier alpha value is -3.24. The quantitative estimate of drug-likeness (QED) is 0.522. The molecule has 3 heterocycles. The fraction of sp³-hybridized carbons (Fsp3) is 0.167. The second-order valence-corrected chi connectivity index (χ2v) is 6.96. The standard InChI is InChI=1S/C24H21N3O/c1-3-7-22-18(5-1)9-11-21(25-22)12-10-20-17-19-6-2-4-8-23(19)26-24(20)27-13-15-28-16-14-27/h1-12,17H,13-16H2/b12-10+. The largest absolute Gasteiger partial charge is 0.378 e. The topological polar surface area (TPSA) is 38.2 Å². The molecule has 1 aliphatic rings. The van der Waals surface area contributed by atoms with Crippen LogP contribution in [0, 0.1) is 0 Å². The highest BCUT2D eigenvalue weighted by Gasteiger charge is 2.16. The summed E-state index contributed by atoms with van der Waals surface area (Å²) in [7, 11) is 0. The van der Waals surface area contributed by atoms with E-state index in [1.54, 1.807) is 0 Å². The number of aromatic nitrogens is 2. The first-order chi connectivity index (χ1) is 13.9. The van der Waals surface area contributed by atoms with Gasteiger partial charge >= 0.3 is 0 Å². The van der Waals surface area contributed by atoms with Crippen LogP contribution in [-0.2, 0) is 4.74 Å². The van der Waals surface area contributed by atoms with Gasteiger partial charge in [0.15, 0.2) is 0 Å². The van der Waals surface area contributed by atoms with Crippen molar-refractivity contribution in [1.82, 2.24) is 9.97 Å². The zero-order chi connectivity index (χ0) is 18.8. The molecule has 0 unspecified atom stereocenters. The second kappa shape index (κ2) is 7.41. The molecular formula is C24H21N3O. The van der Waals surface area contributed by atoms with E-state index >= 15 is 0 Å². The summed E-state index contributed by atoms with van der Waals surface area (Å²) in [5.41, 5.74) is 4.08. The first kappa shape index (κ1) is 16.9. The molecule has 0 atom stereocenters. The van der Waals surface area contributed by atoms with Crippen molar-refractivity contribution in [2.75, 3.05) is 31.2 Å². The number of para-hydroxylation sites is 2. The Morgan fingerprint density at radius 2 is 1.46 bits per heavy atom. The van der Waals surface area contributed by atoms with Crippen LogP contribution < -0.4 is 4.90 Å². The maximum Gasteiger partial charge on any atom is 0.136 e. The molecular weight excluding hydrogens is 346 g/mol. The van der Waals surface area contributed by atoms with Gasteiger partial charge in [-0.3, -0.25) is 0 Å². The molecule has 1 aliphatic heterocycles. The first-order valence-electron chi connectivity index (χ1n) is 9.63. The van der Waals surface area contributed by atoms with E-state index in [1.165, 1.54) is 0 Å². The van der Waals surface area contributed by atoms with Gasteiger partial charge in [0, 0.05) is 29.4 Å². The summed E-state index contributed by atoms with van der Waals surface area (Å²) in [6, 6.07) is 22.8. The minimum Gasteiger partial charge on any atom is -0.378 e. The lowest BCUT2D eigenvalue weighted by atomic mass is 10.1. The fourth-order valence-electron chi connectivity index (χ4n) is 3.62. The third-order valence-electron chi connectivity index (χ3n) is 5.10. The van der Waals surface area contributed by atoms with E-state index in [2.05, 4.69) is 59.5 Å². The van der Waals surface area contributed by atoms with Crippen molar-refractivity contribution in [3.8, 4) is 0 Å². The predicted octanol–water partition coefficient (Wildman–Crippen LogP) is 4.79. The van der Waals surface area contributed by atoms with Gasteiger partial charge in [-0.15, -0.1) is 0 Å². The van der Waals surface area contributed by atoms with Crippen LogP contribution in [0.5, 0.6) is 0 Å². The zero-order valence-electron chi connectivity index (χ0n) is 15.6. The molecule has 0 radical (unpaired) electrons. The van der Waals surface area contributed by atoms with Crippen LogP contribution in [0.25, 0.3) is 34.0 Å². The maximum atomic E-state index is 5.52. The number of pyridine rings is 2. The molecule has 138 valence electrons. The highest BCUT2D eigenvalue weighted by molar-refractivity contribution is 5.87. The van der Waals surface area contributed by atoms with Crippen molar-refractivity contribution in [1.29, 1.82) is 0 Å². The third kappa shape index (κ3) is 3.35. The predicted molar refractivity (Wildman–Crippen MR) is 115 cm³/mol. The lowest BCUT2D eigenvalue weighted by Crippen LogP contribution is -2.37. The molecule has 1 saturated heterocycles. The van der Waals surface area contributed by atoms with E-state index in [4.69, 9.17) is 14.7 Å². The van der Waals surface area contributed by atoms with Gasteiger partial charge in [-0.1, -0.05) is 42.5 Å². The summed E-state index contributed by atoms with van der Waals surface area (Å²) in [6.45, 7) is 3.20. The smallest absolute Gasteiger partial charge is 0.136 e. The van der Waals surface area contributed by atoms with Gasteiger partial charge in [-0.2, -0.15) is 0 Å². The van der Waals surface area contributed by atoms with Gasteiger partial charge in [0.2, 0.25) is 0 Å². The average Bonchev–Trinajstić information content (AvgIpc) is 2.77. The van der Waals surface area contributed by atoms with Crippen molar-refractivity contribution >= 4 is 39.8 Å². The number of fused-ring (bicyclic) bond motifs is 2. The lowest BCUT2D eigenvalue weighted by Gasteiger charge is -2.29. The highest BCUT2D eigenvalue weighted by Crippen LogP contribution is 2.26. The molecule has 0 spiro atoms. The number of anilines is 1. The molecule has 5 rings (SSSR count). The summed E-state index contributed by atoms with van der Waals surface area (Å²) < 4.78 is 5.52. The van der Waals surface area contributed by atoms with E-state index in [9.17, 15) is 0 Å². The van der Waals surface area contributed by atoms with Crippen LogP contribution in [-0.4, -0.2) is 36.3 Å².